The second kappa shape index (κ2) is 4.44. The summed E-state index contributed by atoms with van der Waals surface area (Å²) in [5.41, 5.74) is 1.21. The molecule has 10 heteroatoms. The molecule has 0 radical (unpaired) electrons. The van der Waals surface area contributed by atoms with Gasteiger partial charge in [-0.1, -0.05) is 11.6 Å². The normalized spacial score (nSPS) is 11.8. The van der Waals surface area contributed by atoms with E-state index >= 15 is 0 Å². The van der Waals surface area contributed by atoms with Crippen molar-refractivity contribution in [3.63, 3.8) is 0 Å². The molecule has 2 heterocycles. The minimum absolute atomic E-state index is 0.0521. The smallest absolute Gasteiger partial charge is 0.275 e. The second-order valence-electron chi connectivity index (χ2n) is 3.58. The zero-order valence-corrected chi connectivity index (χ0v) is 11.6. The van der Waals surface area contributed by atoms with Gasteiger partial charge in [-0.2, -0.15) is 22.3 Å². The van der Waals surface area contributed by atoms with Crippen molar-refractivity contribution in [2.75, 3.05) is 4.72 Å². The van der Waals surface area contributed by atoms with Gasteiger partial charge >= 0.3 is 0 Å². The number of rotatable bonds is 3. The Morgan fingerprint density at radius 3 is 2.84 bits per heavy atom. The predicted octanol–water partition coefficient (Wildman–Crippen LogP) is 1.87. The highest BCUT2D eigenvalue weighted by Gasteiger charge is 2.20. The van der Waals surface area contributed by atoms with E-state index in [9.17, 15) is 8.42 Å². The largest absolute Gasteiger partial charge is 0.278 e. The molecule has 0 amide bonds. The Hall–Kier alpha value is -1.71. The van der Waals surface area contributed by atoms with Gasteiger partial charge in [-0.25, -0.2) is 0 Å². The summed E-state index contributed by atoms with van der Waals surface area (Å²) in [5, 5.41) is 6.18. The zero-order valence-electron chi connectivity index (χ0n) is 9.16. The van der Waals surface area contributed by atoms with Gasteiger partial charge in [-0.3, -0.25) is 9.82 Å². The molecule has 0 spiro atoms. The van der Waals surface area contributed by atoms with Crippen LogP contribution in [-0.4, -0.2) is 27.4 Å². The fraction of sp³-hybridized carbons (Fsp3) is 0. The Balaban J connectivity index is 2.11. The van der Waals surface area contributed by atoms with Gasteiger partial charge in [0, 0.05) is 0 Å². The third-order valence-electron chi connectivity index (χ3n) is 2.38. The Labute approximate surface area is 117 Å². The van der Waals surface area contributed by atoms with Crippen LogP contribution in [0.5, 0.6) is 0 Å². The van der Waals surface area contributed by atoms with Gasteiger partial charge in [-0.15, -0.1) is 0 Å². The van der Waals surface area contributed by atoms with Crippen molar-refractivity contribution in [2.24, 2.45) is 0 Å². The molecule has 0 aliphatic heterocycles. The highest BCUT2D eigenvalue weighted by atomic mass is 35.5. The summed E-state index contributed by atoms with van der Waals surface area (Å²) in [6, 6.07) is 4.58. The number of hydrogen-bond donors (Lipinski definition) is 2. The number of nitrogens with one attached hydrogen (secondary N) is 2. The quantitative estimate of drug-likeness (QED) is 0.768. The second-order valence-corrected chi connectivity index (χ2v) is 6.17. The van der Waals surface area contributed by atoms with E-state index in [4.69, 9.17) is 11.6 Å². The monoisotopic (exact) mass is 315 g/mol. The molecule has 2 N–H and O–H groups in total. The first kappa shape index (κ1) is 12.3. The highest BCUT2D eigenvalue weighted by molar-refractivity contribution is 7.92. The number of sulfonamides is 1. The fourth-order valence-electron chi connectivity index (χ4n) is 1.51. The maximum absolute atomic E-state index is 12.1. The van der Waals surface area contributed by atoms with E-state index in [-0.39, 0.29) is 15.7 Å². The number of anilines is 1. The fourth-order valence-corrected chi connectivity index (χ4v) is 3.30. The van der Waals surface area contributed by atoms with Crippen molar-refractivity contribution < 1.29 is 8.42 Å². The molecule has 0 fully saturated rings. The van der Waals surface area contributed by atoms with E-state index in [1.165, 1.54) is 12.3 Å². The summed E-state index contributed by atoms with van der Waals surface area (Å²) in [6.45, 7) is 0. The molecule has 0 aliphatic carbocycles. The van der Waals surface area contributed by atoms with Crippen molar-refractivity contribution in [1.82, 2.24) is 18.9 Å². The zero-order chi connectivity index (χ0) is 13.5. The maximum atomic E-state index is 12.1. The summed E-state index contributed by atoms with van der Waals surface area (Å²) < 4.78 is 34.6. The van der Waals surface area contributed by atoms with Crippen molar-refractivity contribution in [2.45, 2.75) is 5.03 Å². The van der Waals surface area contributed by atoms with Gasteiger partial charge in [-0.05, 0) is 18.2 Å². The van der Waals surface area contributed by atoms with Gasteiger partial charge in [0.2, 0.25) is 0 Å². The van der Waals surface area contributed by atoms with Gasteiger partial charge < -0.3 is 0 Å². The Kier molecular flexibility index (Phi) is 2.88. The number of hydrogen-bond acceptors (Lipinski definition) is 6. The number of H-pyrrole nitrogens is 1. The minimum Gasteiger partial charge on any atom is -0.275 e. The van der Waals surface area contributed by atoms with Crippen molar-refractivity contribution in [3.05, 3.63) is 29.4 Å². The first-order chi connectivity index (χ1) is 9.08. The molecular formula is C9H6ClN5O2S2. The molecule has 0 saturated carbocycles. The summed E-state index contributed by atoms with van der Waals surface area (Å²) in [6.07, 6.45) is 1.35. The average Bonchev–Trinajstić information content (AvgIpc) is 3.02. The van der Waals surface area contributed by atoms with Gasteiger partial charge in [0.05, 0.1) is 28.6 Å². The molecule has 1 aromatic carbocycles. The summed E-state index contributed by atoms with van der Waals surface area (Å²) in [7, 11) is -3.78. The van der Waals surface area contributed by atoms with Crippen molar-refractivity contribution in [1.29, 1.82) is 0 Å². The molecule has 0 aliphatic rings. The van der Waals surface area contributed by atoms with E-state index in [1.807, 2.05) is 0 Å². The number of halogens is 1. The average molecular weight is 316 g/mol. The Bertz CT molecular complexity index is 828. The lowest BCUT2D eigenvalue weighted by atomic mass is 10.3. The first-order valence-electron chi connectivity index (χ1n) is 5.01. The SMILES string of the molecule is O=S(=O)(Nc1c(Cl)ccc2nsnc12)c1ccn[nH]1. The summed E-state index contributed by atoms with van der Waals surface area (Å²) in [5.74, 6) is 0. The minimum atomic E-state index is -3.78. The topological polar surface area (TPSA) is 101 Å². The molecule has 0 atom stereocenters. The summed E-state index contributed by atoms with van der Waals surface area (Å²) in [4.78, 5) is 0. The molecule has 19 heavy (non-hydrogen) atoms. The van der Waals surface area contributed by atoms with Crippen LogP contribution in [0.3, 0.4) is 0 Å². The molecule has 2 aromatic heterocycles. The van der Waals surface area contributed by atoms with Crippen LogP contribution in [-0.2, 0) is 10.0 Å². The van der Waals surface area contributed by atoms with E-state index in [0.29, 0.717) is 11.0 Å². The highest BCUT2D eigenvalue weighted by Crippen LogP contribution is 2.31. The molecule has 3 rings (SSSR count). The molecule has 0 unspecified atom stereocenters. The third-order valence-corrected chi connectivity index (χ3v) is 4.51. The van der Waals surface area contributed by atoms with Crippen molar-refractivity contribution >= 4 is 50.1 Å². The maximum Gasteiger partial charge on any atom is 0.278 e. The molecule has 98 valence electrons. The van der Waals surface area contributed by atoms with Gasteiger partial charge in [0.15, 0.2) is 5.03 Å². The van der Waals surface area contributed by atoms with Crippen molar-refractivity contribution in [3.8, 4) is 0 Å². The molecular weight excluding hydrogens is 310 g/mol. The van der Waals surface area contributed by atoms with Crippen LogP contribution in [0.4, 0.5) is 5.69 Å². The number of benzene rings is 1. The number of aromatic amines is 1. The first-order valence-corrected chi connectivity index (χ1v) is 7.60. The van der Waals surface area contributed by atoms with E-state index in [2.05, 4.69) is 23.7 Å². The van der Waals surface area contributed by atoms with Crippen LogP contribution >= 0.6 is 23.3 Å². The molecule has 3 aromatic rings. The predicted molar refractivity (Wildman–Crippen MR) is 71.8 cm³/mol. The van der Waals surface area contributed by atoms with E-state index in [1.54, 1.807) is 12.1 Å². The Morgan fingerprint density at radius 2 is 2.11 bits per heavy atom. The lowest BCUT2D eigenvalue weighted by Crippen LogP contribution is -2.14. The summed E-state index contributed by atoms with van der Waals surface area (Å²) >= 11 is 7.00. The van der Waals surface area contributed by atoms with Crippen LogP contribution in [0.25, 0.3) is 11.0 Å². The Morgan fingerprint density at radius 1 is 1.26 bits per heavy atom. The van der Waals surface area contributed by atoms with Gasteiger partial charge in [0.25, 0.3) is 10.0 Å². The van der Waals surface area contributed by atoms with Gasteiger partial charge in [0.1, 0.15) is 11.0 Å². The van der Waals surface area contributed by atoms with E-state index < -0.39 is 10.0 Å². The molecule has 7 nitrogen and oxygen atoms in total. The van der Waals surface area contributed by atoms with Crippen LogP contribution in [0, 0.1) is 0 Å². The number of fused-ring (bicyclic) bond motifs is 1. The lowest BCUT2D eigenvalue weighted by molar-refractivity contribution is 0.597. The van der Waals surface area contributed by atoms with Crippen LogP contribution in [0.1, 0.15) is 0 Å². The van der Waals surface area contributed by atoms with Crippen LogP contribution in [0.15, 0.2) is 29.4 Å². The lowest BCUT2D eigenvalue weighted by Gasteiger charge is -2.08. The van der Waals surface area contributed by atoms with Crippen LogP contribution in [0.2, 0.25) is 5.02 Å². The third kappa shape index (κ3) is 2.15. The number of nitrogens with zero attached hydrogens (tertiary/aromatic N) is 3. The molecule has 0 saturated heterocycles. The van der Waals surface area contributed by atoms with E-state index in [0.717, 1.165) is 11.7 Å². The standard InChI is InChI=1S/C9H6ClN5O2S2/c10-5-1-2-6-9(14-18-13-6)8(5)15-19(16,17)7-3-4-11-12-7/h1-4,15H,(H,11,12). The van der Waals surface area contributed by atoms with Crippen LogP contribution < -0.4 is 4.72 Å². The number of aromatic nitrogens is 4. The molecule has 0 bridgehead atoms.